The summed E-state index contributed by atoms with van der Waals surface area (Å²) in [6.07, 6.45) is 0.304. The van der Waals surface area contributed by atoms with Gasteiger partial charge < -0.3 is 10.2 Å². The largest absolute Gasteiger partial charge is 0.355 e. The second-order valence-electron chi connectivity index (χ2n) is 9.18. The molecule has 0 aliphatic heterocycles. The van der Waals surface area contributed by atoms with Crippen LogP contribution in [0.4, 0.5) is 0 Å². The van der Waals surface area contributed by atoms with E-state index in [-0.39, 0.29) is 17.3 Å². The number of nitrogens with zero attached hydrogens (tertiary/aromatic N) is 2. The molecule has 1 unspecified atom stereocenters. The Bertz CT molecular complexity index is 1290. The zero-order valence-electron chi connectivity index (χ0n) is 21.8. The first-order valence-corrected chi connectivity index (χ1v) is 13.8. The molecule has 0 aromatic heterocycles. The van der Waals surface area contributed by atoms with Gasteiger partial charge in [-0.25, -0.2) is 8.42 Å². The van der Waals surface area contributed by atoms with Crippen molar-refractivity contribution in [1.82, 2.24) is 14.5 Å². The number of sulfonamides is 1. The van der Waals surface area contributed by atoms with Gasteiger partial charge in [-0.3, -0.25) is 9.59 Å². The van der Waals surface area contributed by atoms with Gasteiger partial charge in [0.1, 0.15) is 6.04 Å². The van der Waals surface area contributed by atoms with E-state index in [1.165, 1.54) is 24.1 Å². The molecule has 3 rings (SSSR count). The molecule has 0 fully saturated rings. The van der Waals surface area contributed by atoms with Crippen LogP contribution in [0.5, 0.6) is 0 Å². The van der Waals surface area contributed by atoms with Crippen LogP contribution < -0.4 is 5.32 Å². The molecule has 3 aromatic carbocycles. The molecule has 0 aliphatic carbocycles. The molecular formula is C29H35N3O4S. The predicted molar refractivity (Wildman–Crippen MR) is 145 cm³/mol. The lowest BCUT2D eigenvalue weighted by Crippen LogP contribution is -2.53. The minimum Gasteiger partial charge on any atom is -0.355 e. The van der Waals surface area contributed by atoms with Crippen LogP contribution in [0.25, 0.3) is 0 Å². The van der Waals surface area contributed by atoms with Crippen LogP contribution in [0.3, 0.4) is 0 Å². The van der Waals surface area contributed by atoms with E-state index in [2.05, 4.69) is 5.32 Å². The number of hydrogen-bond acceptors (Lipinski definition) is 4. The topological polar surface area (TPSA) is 86.8 Å². The zero-order valence-corrected chi connectivity index (χ0v) is 22.7. The van der Waals surface area contributed by atoms with Crippen molar-refractivity contribution in [1.29, 1.82) is 0 Å². The fourth-order valence-corrected chi connectivity index (χ4v) is 5.11. The van der Waals surface area contributed by atoms with E-state index in [1.54, 1.807) is 12.1 Å². The van der Waals surface area contributed by atoms with Gasteiger partial charge in [-0.15, -0.1) is 0 Å². The SMILES string of the molecule is CCNC(=O)C(Cc1ccccc1)N(Cc1ccc(C)cc1)C(=O)CN(C)S(=O)(=O)c1ccc(C)cc1. The Morgan fingerprint density at radius 1 is 0.838 bits per heavy atom. The molecule has 0 spiro atoms. The molecule has 7 nitrogen and oxygen atoms in total. The molecule has 196 valence electrons. The fourth-order valence-electron chi connectivity index (χ4n) is 3.99. The van der Waals surface area contributed by atoms with Crippen LogP contribution in [-0.4, -0.2) is 55.6 Å². The van der Waals surface area contributed by atoms with Crippen LogP contribution in [0.2, 0.25) is 0 Å². The third kappa shape index (κ3) is 7.50. The maximum atomic E-state index is 13.7. The van der Waals surface area contributed by atoms with Gasteiger partial charge in [0.15, 0.2) is 0 Å². The van der Waals surface area contributed by atoms with Crippen molar-refractivity contribution >= 4 is 21.8 Å². The van der Waals surface area contributed by atoms with Crippen LogP contribution in [-0.2, 0) is 32.6 Å². The molecule has 8 heteroatoms. The van der Waals surface area contributed by atoms with Gasteiger partial charge in [-0.05, 0) is 44.0 Å². The van der Waals surface area contributed by atoms with Crippen molar-refractivity contribution in [2.75, 3.05) is 20.1 Å². The molecule has 2 amide bonds. The summed E-state index contributed by atoms with van der Waals surface area (Å²) in [7, 11) is -2.51. The lowest BCUT2D eigenvalue weighted by atomic mass is 10.0. The Hall–Kier alpha value is -3.49. The number of amides is 2. The van der Waals surface area contributed by atoms with Crippen molar-refractivity contribution in [3.05, 3.63) is 101 Å². The van der Waals surface area contributed by atoms with Crippen molar-refractivity contribution in [3.8, 4) is 0 Å². The van der Waals surface area contributed by atoms with E-state index in [0.717, 1.165) is 26.6 Å². The van der Waals surface area contributed by atoms with Crippen LogP contribution in [0.15, 0.2) is 83.8 Å². The predicted octanol–water partition coefficient (Wildman–Crippen LogP) is 3.70. The summed E-state index contributed by atoms with van der Waals surface area (Å²) in [5, 5.41) is 2.85. The number of aryl methyl sites for hydroxylation is 2. The molecule has 0 aliphatic rings. The third-order valence-electron chi connectivity index (χ3n) is 6.18. The van der Waals surface area contributed by atoms with Gasteiger partial charge in [-0.2, -0.15) is 4.31 Å². The van der Waals surface area contributed by atoms with E-state index in [1.807, 2.05) is 75.4 Å². The van der Waals surface area contributed by atoms with Crippen molar-refractivity contribution in [2.45, 2.75) is 44.7 Å². The third-order valence-corrected chi connectivity index (χ3v) is 8.00. The summed E-state index contributed by atoms with van der Waals surface area (Å²) < 4.78 is 27.4. The minimum atomic E-state index is -3.89. The lowest BCUT2D eigenvalue weighted by molar-refractivity contribution is -0.141. The lowest BCUT2D eigenvalue weighted by Gasteiger charge is -2.32. The number of benzene rings is 3. The fraction of sp³-hybridized carbons (Fsp3) is 0.310. The Kier molecular flexibility index (Phi) is 9.60. The molecule has 0 saturated heterocycles. The van der Waals surface area contributed by atoms with E-state index in [9.17, 15) is 18.0 Å². The van der Waals surface area contributed by atoms with Crippen LogP contribution in [0.1, 0.15) is 29.2 Å². The van der Waals surface area contributed by atoms with Gasteiger partial charge in [0.25, 0.3) is 0 Å². The highest BCUT2D eigenvalue weighted by Gasteiger charge is 2.32. The molecule has 0 heterocycles. The Balaban J connectivity index is 1.94. The van der Waals surface area contributed by atoms with E-state index < -0.39 is 28.5 Å². The molecule has 0 radical (unpaired) electrons. The van der Waals surface area contributed by atoms with Crippen molar-refractivity contribution in [3.63, 3.8) is 0 Å². The summed E-state index contributed by atoms with van der Waals surface area (Å²) in [4.78, 5) is 28.6. The molecular weight excluding hydrogens is 486 g/mol. The molecule has 1 N–H and O–H groups in total. The minimum absolute atomic E-state index is 0.114. The van der Waals surface area contributed by atoms with E-state index in [0.29, 0.717) is 13.0 Å². The number of likely N-dealkylation sites (N-methyl/N-ethyl adjacent to an activating group) is 2. The molecule has 1 atom stereocenters. The van der Waals surface area contributed by atoms with Crippen molar-refractivity contribution in [2.24, 2.45) is 0 Å². The summed E-state index contributed by atoms with van der Waals surface area (Å²) in [5.74, 6) is -0.734. The summed E-state index contributed by atoms with van der Waals surface area (Å²) in [6.45, 7) is 5.87. The second kappa shape index (κ2) is 12.7. The number of nitrogens with one attached hydrogen (secondary N) is 1. The highest BCUT2D eigenvalue weighted by molar-refractivity contribution is 7.89. The quantitative estimate of drug-likeness (QED) is 0.417. The molecule has 0 bridgehead atoms. The molecule has 3 aromatic rings. The maximum absolute atomic E-state index is 13.7. The summed E-state index contributed by atoms with van der Waals surface area (Å²) in [5.41, 5.74) is 3.77. The van der Waals surface area contributed by atoms with Gasteiger partial charge in [0.05, 0.1) is 11.4 Å². The average molecular weight is 522 g/mol. The maximum Gasteiger partial charge on any atom is 0.243 e. The number of hydrogen-bond donors (Lipinski definition) is 1. The number of rotatable bonds is 11. The monoisotopic (exact) mass is 521 g/mol. The van der Waals surface area contributed by atoms with Crippen LogP contribution >= 0.6 is 0 Å². The van der Waals surface area contributed by atoms with Gasteiger partial charge in [0.2, 0.25) is 21.8 Å². The number of carbonyl (C=O) groups excluding carboxylic acids is 2. The first kappa shape index (κ1) is 28.1. The zero-order chi connectivity index (χ0) is 27.0. The van der Waals surface area contributed by atoms with Gasteiger partial charge in [-0.1, -0.05) is 77.9 Å². The Labute approximate surface area is 220 Å². The second-order valence-corrected chi connectivity index (χ2v) is 11.2. The average Bonchev–Trinajstić information content (AvgIpc) is 2.88. The van der Waals surface area contributed by atoms with Crippen molar-refractivity contribution < 1.29 is 18.0 Å². The Morgan fingerprint density at radius 2 is 1.41 bits per heavy atom. The number of carbonyl (C=O) groups is 2. The first-order chi connectivity index (χ1) is 17.6. The highest BCUT2D eigenvalue weighted by atomic mass is 32.2. The van der Waals surface area contributed by atoms with E-state index in [4.69, 9.17) is 0 Å². The highest BCUT2D eigenvalue weighted by Crippen LogP contribution is 2.19. The molecule has 37 heavy (non-hydrogen) atoms. The van der Waals surface area contributed by atoms with E-state index >= 15 is 0 Å². The molecule has 0 saturated carbocycles. The summed E-state index contributed by atoms with van der Waals surface area (Å²) >= 11 is 0. The van der Waals surface area contributed by atoms with Crippen LogP contribution in [0, 0.1) is 13.8 Å². The van der Waals surface area contributed by atoms with Gasteiger partial charge in [0, 0.05) is 26.6 Å². The normalized spacial score (nSPS) is 12.2. The van der Waals surface area contributed by atoms with Gasteiger partial charge >= 0.3 is 0 Å². The first-order valence-electron chi connectivity index (χ1n) is 12.3. The smallest absolute Gasteiger partial charge is 0.243 e. The standard InChI is InChI=1S/C29H35N3O4S/c1-5-30-29(34)27(19-24-9-7-6-8-10-24)32(20-25-15-11-22(2)12-16-25)28(33)21-31(4)37(35,36)26-17-13-23(3)14-18-26/h6-18,27H,5,19-21H2,1-4H3,(H,30,34). The Morgan fingerprint density at radius 3 is 1.97 bits per heavy atom. The summed E-state index contributed by atoms with van der Waals surface area (Å²) in [6, 6.07) is 22.9.